The zero-order valence-electron chi connectivity index (χ0n) is 6.68. The predicted octanol–water partition coefficient (Wildman–Crippen LogP) is 1.67. The first-order valence-electron chi connectivity index (χ1n) is 3.96. The van der Waals surface area contributed by atoms with E-state index in [-0.39, 0.29) is 12.4 Å². The van der Waals surface area contributed by atoms with Crippen LogP contribution in [0.1, 0.15) is 20.3 Å². The Morgan fingerprint density at radius 2 is 2.20 bits per heavy atom. The summed E-state index contributed by atoms with van der Waals surface area (Å²) in [6, 6.07) is 0. The molecule has 0 bridgehead atoms. The molecule has 0 spiro atoms. The molecule has 2 aliphatic rings. The lowest BCUT2D eigenvalue weighted by molar-refractivity contribution is 0.364. The fourth-order valence-corrected chi connectivity index (χ4v) is 2.28. The predicted molar refractivity (Wildman–Crippen MR) is 45.5 cm³/mol. The summed E-state index contributed by atoms with van der Waals surface area (Å²) >= 11 is 0. The van der Waals surface area contributed by atoms with Gasteiger partial charge in [0.25, 0.3) is 0 Å². The molecule has 1 saturated heterocycles. The molecule has 1 aliphatic carbocycles. The summed E-state index contributed by atoms with van der Waals surface area (Å²) in [4.78, 5) is 0. The van der Waals surface area contributed by atoms with Gasteiger partial charge in [0.2, 0.25) is 0 Å². The van der Waals surface area contributed by atoms with Gasteiger partial charge in [-0.25, -0.2) is 0 Å². The van der Waals surface area contributed by atoms with Crippen molar-refractivity contribution in [3.05, 3.63) is 0 Å². The van der Waals surface area contributed by atoms with Crippen molar-refractivity contribution in [2.45, 2.75) is 20.3 Å². The first-order valence-corrected chi connectivity index (χ1v) is 3.96. The van der Waals surface area contributed by atoms with Crippen LogP contribution in [0.5, 0.6) is 0 Å². The van der Waals surface area contributed by atoms with Crippen molar-refractivity contribution >= 4 is 12.4 Å². The quantitative estimate of drug-likeness (QED) is 0.617. The summed E-state index contributed by atoms with van der Waals surface area (Å²) in [5, 5.41) is 3.44. The highest BCUT2D eigenvalue weighted by atomic mass is 35.5. The normalized spacial score (nSPS) is 42.9. The fourth-order valence-electron chi connectivity index (χ4n) is 2.28. The Kier molecular flexibility index (Phi) is 1.99. The van der Waals surface area contributed by atoms with E-state index in [4.69, 9.17) is 0 Å². The summed E-state index contributed by atoms with van der Waals surface area (Å²) in [7, 11) is 0. The molecule has 10 heavy (non-hydrogen) atoms. The van der Waals surface area contributed by atoms with E-state index in [2.05, 4.69) is 19.2 Å². The van der Waals surface area contributed by atoms with E-state index in [0.29, 0.717) is 0 Å². The van der Waals surface area contributed by atoms with E-state index in [9.17, 15) is 0 Å². The average molecular weight is 162 g/mol. The van der Waals surface area contributed by atoms with E-state index in [1.165, 1.54) is 19.5 Å². The number of fused-ring (bicyclic) bond motifs is 1. The van der Waals surface area contributed by atoms with Gasteiger partial charge in [-0.2, -0.15) is 0 Å². The standard InChI is InChI=1S/C8H15N.ClH/c1-6(2)8-3-7(8)4-9-5-8;/h6-7,9H,3-5H2,1-2H3;1H/t7-,8+;/m0./s1. The van der Waals surface area contributed by atoms with Crippen LogP contribution >= 0.6 is 12.4 Å². The molecule has 0 aromatic rings. The van der Waals surface area contributed by atoms with Gasteiger partial charge in [-0.3, -0.25) is 0 Å². The van der Waals surface area contributed by atoms with Crippen molar-refractivity contribution in [1.82, 2.24) is 5.32 Å². The summed E-state index contributed by atoms with van der Waals surface area (Å²) in [5.41, 5.74) is 0.750. The van der Waals surface area contributed by atoms with Crippen molar-refractivity contribution in [2.75, 3.05) is 13.1 Å². The zero-order valence-corrected chi connectivity index (χ0v) is 7.50. The molecule has 0 amide bonds. The molecule has 60 valence electrons. The van der Waals surface area contributed by atoms with Crippen LogP contribution in [0, 0.1) is 17.3 Å². The molecule has 0 unspecified atom stereocenters. The highest BCUT2D eigenvalue weighted by Crippen LogP contribution is 2.59. The van der Waals surface area contributed by atoms with Crippen molar-refractivity contribution in [2.24, 2.45) is 17.3 Å². The number of hydrogen-bond acceptors (Lipinski definition) is 1. The Balaban J connectivity index is 0.000000500. The number of piperidine rings is 1. The Labute approximate surface area is 69.0 Å². The monoisotopic (exact) mass is 161 g/mol. The van der Waals surface area contributed by atoms with Crippen LogP contribution in [0.25, 0.3) is 0 Å². The van der Waals surface area contributed by atoms with E-state index in [0.717, 1.165) is 17.3 Å². The van der Waals surface area contributed by atoms with Crippen LogP contribution in [0.3, 0.4) is 0 Å². The van der Waals surface area contributed by atoms with Gasteiger partial charge in [0.1, 0.15) is 0 Å². The molecular formula is C8H16ClN. The largest absolute Gasteiger partial charge is 0.316 e. The molecular weight excluding hydrogens is 146 g/mol. The Morgan fingerprint density at radius 1 is 1.50 bits per heavy atom. The smallest absolute Gasteiger partial charge is 0.00136 e. The maximum absolute atomic E-state index is 3.44. The maximum Gasteiger partial charge on any atom is 0.00136 e. The highest BCUT2D eigenvalue weighted by Gasteiger charge is 2.58. The van der Waals surface area contributed by atoms with Crippen molar-refractivity contribution in [3.63, 3.8) is 0 Å². The molecule has 0 aromatic carbocycles. The van der Waals surface area contributed by atoms with Gasteiger partial charge >= 0.3 is 0 Å². The first kappa shape index (κ1) is 8.35. The van der Waals surface area contributed by atoms with E-state index < -0.39 is 0 Å². The van der Waals surface area contributed by atoms with Crippen LogP contribution in [0.2, 0.25) is 0 Å². The molecule has 1 nitrogen and oxygen atoms in total. The number of halogens is 1. The van der Waals surface area contributed by atoms with Crippen LogP contribution < -0.4 is 5.32 Å². The Hall–Kier alpha value is 0.250. The molecule has 2 rings (SSSR count). The zero-order chi connectivity index (χ0) is 6.48. The van der Waals surface area contributed by atoms with Gasteiger partial charge in [0.05, 0.1) is 0 Å². The van der Waals surface area contributed by atoms with Gasteiger partial charge in [-0.05, 0) is 30.2 Å². The van der Waals surface area contributed by atoms with Gasteiger partial charge in [0, 0.05) is 6.54 Å². The average Bonchev–Trinajstić information content (AvgIpc) is 2.38. The number of hydrogen-bond donors (Lipinski definition) is 1. The Morgan fingerprint density at radius 3 is 2.40 bits per heavy atom. The van der Waals surface area contributed by atoms with Crippen molar-refractivity contribution in [1.29, 1.82) is 0 Å². The third kappa shape index (κ3) is 0.876. The molecule has 1 aliphatic heterocycles. The van der Waals surface area contributed by atoms with Crippen molar-refractivity contribution in [3.8, 4) is 0 Å². The third-order valence-electron chi connectivity index (χ3n) is 3.27. The fraction of sp³-hybridized carbons (Fsp3) is 1.00. The molecule has 0 aromatic heterocycles. The van der Waals surface area contributed by atoms with Gasteiger partial charge < -0.3 is 5.32 Å². The molecule has 1 heterocycles. The highest BCUT2D eigenvalue weighted by molar-refractivity contribution is 5.85. The van der Waals surface area contributed by atoms with E-state index >= 15 is 0 Å². The lowest BCUT2D eigenvalue weighted by Gasteiger charge is -2.15. The molecule has 0 radical (unpaired) electrons. The minimum Gasteiger partial charge on any atom is -0.316 e. The van der Waals surface area contributed by atoms with Crippen LogP contribution in [-0.2, 0) is 0 Å². The summed E-state index contributed by atoms with van der Waals surface area (Å²) in [5.74, 6) is 1.94. The minimum absolute atomic E-state index is 0. The minimum atomic E-state index is 0. The van der Waals surface area contributed by atoms with Gasteiger partial charge in [-0.15, -0.1) is 12.4 Å². The summed E-state index contributed by atoms with van der Waals surface area (Å²) in [6.45, 7) is 7.29. The topological polar surface area (TPSA) is 12.0 Å². The van der Waals surface area contributed by atoms with Crippen LogP contribution in [-0.4, -0.2) is 13.1 Å². The molecule has 2 atom stereocenters. The molecule has 1 saturated carbocycles. The summed E-state index contributed by atoms with van der Waals surface area (Å²) < 4.78 is 0. The third-order valence-corrected chi connectivity index (χ3v) is 3.27. The van der Waals surface area contributed by atoms with E-state index in [1.807, 2.05) is 0 Å². The van der Waals surface area contributed by atoms with Gasteiger partial charge in [0.15, 0.2) is 0 Å². The van der Waals surface area contributed by atoms with Crippen LogP contribution in [0.15, 0.2) is 0 Å². The molecule has 2 fully saturated rings. The second-order valence-corrected chi connectivity index (χ2v) is 3.92. The number of rotatable bonds is 1. The second kappa shape index (κ2) is 2.38. The molecule has 2 heteroatoms. The SMILES string of the molecule is CC(C)[C@@]12CNC[C@@H]1C2.Cl. The van der Waals surface area contributed by atoms with Crippen LogP contribution in [0.4, 0.5) is 0 Å². The molecule has 1 N–H and O–H groups in total. The Bertz CT molecular complexity index is 131. The first-order chi connectivity index (χ1) is 4.26. The lowest BCUT2D eigenvalue weighted by atomic mass is 9.92. The second-order valence-electron chi connectivity index (χ2n) is 3.92. The van der Waals surface area contributed by atoms with Gasteiger partial charge in [-0.1, -0.05) is 13.8 Å². The maximum atomic E-state index is 3.44. The van der Waals surface area contributed by atoms with Crippen molar-refractivity contribution < 1.29 is 0 Å². The van der Waals surface area contributed by atoms with E-state index in [1.54, 1.807) is 0 Å². The summed E-state index contributed by atoms with van der Waals surface area (Å²) in [6.07, 6.45) is 1.50. The number of nitrogens with one attached hydrogen (secondary N) is 1. The lowest BCUT2D eigenvalue weighted by Crippen LogP contribution is -2.20.